The number of rotatable bonds is 1. The van der Waals surface area contributed by atoms with Crippen molar-refractivity contribution in [1.82, 2.24) is 4.57 Å². The summed E-state index contributed by atoms with van der Waals surface area (Å²) in [5.74, 6) is 1.76. The van der Waals surface area contributed by atoms with Gasteiger partial charge < -0.3 is 14.2 Å². The fraction of sp³-hybridized carbons (Fsp3) is 0.111. The van der Waals surface area contributed by atoms with E-state index in [-0.39, 0.29) is 5.54 Å². The topological polar surface area (TPSA) is 17.4 Å². The van der Waals surface area contributed by atoms with E-state index >= 15 is 0 Å². The zero-order chi connectivity index (χ0) is 20.3. The Morgan fingerprint density at radius 1 is 0.733 bits per heavy atom. The predicted octanol–water partition coefficient (Wildman–Crippen LogP) is 6.38. The van der Waals surface area contributed by atoms with Gasteiger partial charge in [-0.1, -0.05) is 60.7 Å². The highest BCUT2D eigenvalue weighted by molar-refractivity contribution is 6.08. The molecule has 1 aliphatic heterocycles. The standard InChI is InChI=1S/C27H22N2O/c1-27(29-21-11-5-3-9-19(21)20-10-4-6-12-22(20)29)17-15-24-26(16-18-27)30-25-14-8-7-13-23(25)28(24)2/h3-18H,1-2H3. The molecule has 3 heteroatoms. The lowest BCUT2D eigenvalue weighted by atomic mass is 10.0. The molecule has 0 bridgehead atoms. The monoisotopic (exact) mass is 390 g/mol. The fourth-order valence-electron chi connectivity index (χ4n) is 4.74. The van der Waals surface area contributed by atoms with Crippen LogP contribution in [-0.2, 0) is 5.54 Å². The quantitative estimate of drug-likeness (QED) is 0.375. The van der Waals surface area contributed by atoms with Crippen molar-refractivity contribution in [3.05, 3.63) is 109 Å². The van der Waals surface area contributed by atoms with E-state index in [1.54, 1.807) is 0 Å². The molecular formula is C27H22N2O. The van der Waals surface area contributed by atoms with Crippen molar-refractivity contribution in [3.8, 4) is 5.75 Å². The van der Waals surface area contributed by atoms with E-state index in [4.69, 9.17) is 4.74 Å². The molecule has 0 saturated carbocycles. The highest BCUT2D eigenvalue weighted by Gasteiger charge is 2.29. The molecule has 0 amide bonds. The molecule has 3 aromatic carbocycles. The van der Waals surface area contributed by atoms with E-state index in [0.717, 1.165) is 22.9 Å². The third-order valence-corrected chi connectivity index (χ3v) is 6.27. The maximum absolute atomic E-state index is 6.26. The van der Waals surface area contributed by atoms with Gasteiger partial charge in [0.2, 0.25) is 0 Å². The van der Waals surface area contributed by atoms with Crippen molar-refractivity contribution in [2.45, 2.75) is 12.5 Å². The number of anilines is 1. The van der Waals surface area contributed by atoms with Gasteiger partial charge in [-0.2, -0.15) is 0 Å². The Hall–Kier alpha value is -3.72. The lowest BCUT2D eigenvalue weighted by Gasteiger charge is -2.29. The molecule has 0 radical (unpaired) electrons. The molecule has 1 atom stereocenters. The van der Waals surface area contributed by atoms with Gasteiger partial charge in [-0.05, 0) is 43.3 Å². The van der Waals surface area contributed by atoms with Gasteiger partial charge in [-0.25, -0.2) is 0 Å². The highest BCUT2D eigenvalue weighted by atomic mass is 16.5. The second-order valence-electron chi connectivity index (χ2n) is 8.14. The second kappa shape index (κ2) is 6.14. The molecule has 0 spiro atoms. The minimum atomic E-state index is -0.337. The molecule has 4 aromatic rings. The lowest BCUT2D eigenvalue weighted by Crippen LogP contribution is -2.25. The number of hydrogen-bond donors (Lipinski definition) is 0. The van der Waals surface area contributed by atoms with Gasteiger partial charge in [-0.3, -0.25) is 0 Å². The van der Waals surface area contributed by atoms with Gasteiger partial charge >= 0.3 is 0 Å². The molecule has 1 aliphatic carbocycles. The van der Waals surface area contributed by atoms with Crippen LogP contribution >= 0.6 is 0 Å². The maximum Gasteiger partial charge on any atom is 0.151 e. The number of para-hydroxylation sites is 4. The van der Waals surface area contributed by atoms with Crippen LogP contribution < -0.4 is 9.64 Å². The van der Waals surface area contributed by atoms with Crippen LogP contribution in [-0.4, -0.2) is 11.6 Å². The van der Waals surface area contributed by atoms with Crippen LogP contribution in [0.1, 0.15) is 6.92 Å². The molecule has 0 fully saturated rings. The van der Waals surface area contributed by atoms with Crippen molar-refractivity contribution in [1.29, 1.82) is 0 Å². The van der Waals surface area contributed by atoms with Crippen molar-refractivity contribution in [2.75, 3.05) is 11.9 Å². The fourth-order valence-corrected chi connectivity index (χ4v) is 4.74. The SMILES string of the molecule is CN1C2=C(C=CC(C)(n3c4ccccc4c4ccccc43)C=C2)Oc2ccccc21. The van der Waals surface area contributed by atoms with Crippen LogP contribution in [0.25, 0.3) is 21.8 Å². The Kier molecular flexibility index (Phi) is 3.51. The number of hydrogen-bond acceptors (Lipinski definition) is 2. The summed E-state index contributed by atoms with van der Waals surface area (Å²) < 4.78 is 8.69. The van der Waals surface area contributed by atoms with E-state index < -0.39 is 0 Å². The number of nitrogens with zero attached hydrogens (tertiary/aromatic N) is 2. The maximum atomic E-state index is 6.26. The predicted molar refractivity (Wildman–Crippen MR) is 124 cm³/mol. The van der Waals surface area contributed by atoms with Crippen molar-refractivity contribution in [2.24, 2.45) is 0 Å². The average molecular weight is 390 g/mol. The van der Waals surface area contributed by atoms with Crippen LogP contribution in [0, 0.1) is 0 Å². The van der Waals surface area contributed by atoms with Crippen LogP contribution in [0.2, 0.25) is 0 Å². The second-order valence-corrected chi connectivity index (χ2v) is 8.14. The zero-order valence-electron chi connectivity index (χ0n) is 17.0. The third-order valence-electron chi connectivity index (χ3n) is 6.27. The Morgan fingerprint density at radius 3 is 2.07 bits per heavy atom. The minimum Gasteiger partial charge on any atom is -0.453 e. The summed E-state index contributed by atoms with van der Waals surface area (Å²) in [4.78, 5) is 2.20. The Bertz CT molecular complexity index is 1350. The van der Waals surface area contributed by atoms with Gasteiger partial charge in [0.25, 0.3) is 0 Å². The first-order chi connectivity index (χ1) is 14.7. The molecule has 6 rings (SSSR count). The number of allylic oxidation sites excluding steroid dienone is 4. The summed E-state index contributed by atoms with van der Waals surface area (Å²) in [7, 11) is 2.10. The summed E-state index contributed by atoms with van der Waals surface area (Å²) in [6.45, 7) is 2.25. The van der Waals surface area contributed by atoms with Gasteiger partial charge in [0, 0.05) is 17.8 Å². The van der Waals surface area contributed by atoms with Gasteiger partial charge in [-0.15, -0.1) is 0 Å². The average Bonchev–Trinajstić information content (AvgIpc) is 3.02. The molecule has 0 saturated heterocycles. The van der Waals surface area contributed by atoms with Crippen molar-refractivity contribution >= 4 is 27.5 Å². The zero-order valence-corrected chi connectivity index (χ0v) is 17.0. The number of likely N-dealkylation sites (N-methyl/N-ethyl adjacent to an activating group) is 1. The Balaban J connectivity index is 1.54. The van der Waals surface area contributed by atoms with E-state index in [0.29, 0.717) is 0 Å². The summed E-state index contributed by atoms with van der Waals surface area (Å²) >= 11 is 0. The van der Waals surface area contributed by atoms with Crippen molar-refractivity contribution < 1.29 is 4.74 Å². The van der Waals surface area contributed by atoms with Gasteiger partial charge in [0.15, 0.2) is 11.5 Å². The number of ether oxygens (including phenoxy) is 1. The van der Waals surface area contributed by atoms with Crippen LogP contribution in [0.3, 0.4) is 0 Å². The molecular weight excluding hydrogens is 368 g/mol. The number of fused-ring (bicyclic) bond motifs is 4. The number of benzene rings is 3. The molecule has 146 valence electrons. The van der Waals surface area contributed by atoms with Crippen LogP contribution in [0.15, 0.2) is 109 Å². The normalized spacial score (nSPS) is 20.3. The Morgan fingerprint density at radius 2 is 1.33 bits per heavy atom. The van der Waals surface area contributed by atoms with E-state index in [1.165, 1.54) is 21.8 Å². The molecule has 0 N–H and O–H groups in total. The van der Waals surface area contributed by atoms with Gasteiger partial charge in [0.05, 0.1) is 28.0 Å². The largest absolute Gasteiger partial charge is 0.453 e. The summed E-state index contributed by atoms with van der Waals surface area (Å²) in [6, 6.07) is 25.4. The molecule has 30 heavy (non-hydrogen) atoms. The van der Waals surface area contributed by atoms with Crippen LogP contribution in [0.5, 0.6) is 5.75 Å². The van der Waals surface area contributed by atoms with Crippen molar-refractivity contribution in [3.63, 3.8) is 0 Å². The smallest absolute Gasteiger partial charge is 0.151 e. The molecule has 2 heterocycles. The lowest BCUT2D eigenvalue weighted by molar-refractivity contribution is 0.428. The first-order valence-corrected chi connectivity index (χ1v) is 10.3. The number of aromatic nitrogens is 1. The first kappa shape index (κ1) is 17.2. The first-order valence-electron chi connectivity index (χ1n) is 10.3. The van der Waals surface area contributed by atoms with E-state index in [9.17, 15) is 0 Å². The Labute approximate surface area is 175 Å². The summed E-state index contributed by atoms with van der Waals surface area (Å²) in [5, 5.41) is 2.55. The summed E-state index contributed by atoms with van der Waals surface area (Å²) in [5.41, 5.74) is 4.27. The van der Waals surface area contributed by atoms with E-state index in [1.807, 2.05) is 18.2 Å². The van der Waals surface area contributed by atoms with Crippen LogP contribution in [0.4, 0.5) is 5.69 Å². The molecule has 3 nitrogen and oxygen atoms in total. The molecule has 1 aromatic heterocycles. The summed E-state index contributed by atoms with van der Waals surface area (Å²) in [6.07, 6.45) is 8.82. The third kappa shape index (κ3) is 2.32. The minimum absolute atomic E-state index is 0.337. The van der Waals surface area contributed by atoms with E-state index in [2.05, 4.69) is 102 Å². The highest BCUT2D eigenvalue weighted by Crippen LogP contribution is 2.41. The van der Waals surface area contributed by atoms with Gasteiger partial charge in [0.1, 0.15) is 0 Å². The molecule has 2 aliphatic rings. The molecule has 1 unspecified atom stereocenters.